The van der Waals surface area contributed by atoms with Gasteiger partial charge in [-0.25, -0.2) is 9.78 Å². The molecule has 4 nitrogen and oxygen atoms in total. The zero-order chi connectivity index (χ0) is 13.4. The van der Waals surface area contributed by atoms with Crippen LogP contribution in [0, 0.1) is 6.92 Å². The minimum Gasteiger partial charge on any atom is -0.464 e. The Morgan fingerprint density at radius 2 is 2.21 bits per heavy atom. The lowest BCUT2D eigenvalue weighted by Gasteiger charge is -2.15. The average Bonchev–Trinajstić information content (AvgIpc) is 3.01. The third kappa shape index (κ3) is 2.00. The molecular weight excluding hydrogens is 260 g/mol. The second-order valence-electron chi connectivity index (χ2n) is 4.42. The minimum atomic E-state index is -0.368. The van der Waals surface area contributed by atoms with Crippen LogP contribution in [-0.2, 0) is 11.2 Å². The van der Waals surface area contributed by atoms with Gasteiger partial charge in [-0.05, 0) is 25.0 Å². The second kappa shape index (κ2) is 4.66. The zero-order valence-electron chi connectivity index (χ0n) is 10.8. The number of carbonyl (C=O) groups excluding carboxylic acids is 1. The monoisotopic (exact) mass is 274 g/mol. The van der Waals surface area contributed by atoms with Crippen molar-refractivity contribution in [1.82, 2.24) is 4.98 Å². The molecule has 2 aromatic rings. The predicted molar refractivity (Wildman–Crippen MR) is 75.3 cm³/mol. The number of ether oxygens (including phenoxy) is 1. The highest BCUT2D eigenvalue weighted by Crippen LogP contribution is 2.37. The zero-order valence-corrected chi connectivity index (χ0v) is 11.7. The van der Waals surface area contributed by atoms with Gasteiger partial charge in [0.05, 0.1) is 7.11 Å². The Bertz CT molecular complexity index is 636. The summed E-state index contributed by atoms with van der Waals surface area (Å²) in [7, 11) is 1.38. The number of hydrogen-bond acceptors (Lipinski definition) is 5. The average molecular weight is 274 g/mol. The molecule has 0 amide bonds. The van der Waals surface area contributed by atoms with Gasteiger partial charge >= 0.3 is 5.97 Å². The van der Waals surface area contributed by atoms with E-state index in [0.29, 0.717) is 5.69 Å². The highest BCUT2D eigenvalue weighted by molar-refractivity contribution is 7.15. The largest absolute Gasteiger partial charge is 0.464 e. The van der Waals surface area contributed by atoms with E-state index < -0.39 is 0 Å². The number of thiazole rings is 1. The Morgan fingerprint density at radius 1 is 1.42 bits per heavy atom. The number of methoxy groups -OCH3 is 1. The number of fused-ring (bicyclic) bond motifs is 1. The third-order valence-corrected chi connectivity index (χ3v) is 4.28. The Balaban J connectivity index is 1.99. The fraction of sp³-hybridized carbons (Fsp3) is 0.286. The van der Waals surface area contributed by atoms with Crippen LogP contribution in [0.4, 0.5) is 10.8 Å². The van der Waals surface area contributed by atoms with E-state index in [2.05, 4.69) is 28.1 Å². The summed E-state index contributed by atoms with van der Waals surface area (Å²) in [6.45, 7) is 2.81. The summed E-state index contributed by atoms with van der Waals surface area (Å²) >= 11 is 1.53. The molecule has 19 heavy (non-hydrogen) atoms. The Hall–Kier alpha value is -1.88. The Morgan fingerprint density at radius 3 is 3.00 bits per heavy atom. The van der Waals surface area contributed by atoms with E-state index in [-0.39, 0.29) is 5.97 Å². The van der Waals surface area contributed by atoms with Gasteiger partial charge in [0.1, 0.15) is 0 Å². The number of aromatic nitrogens is 1. The number of benzene rings is 1. The first-order valence-electron chi connectivity index (χ1n) is 6.12. The lowest BCUT2D eigenvalue weighted by molar-refractivity contribution is 0.0594. The summed E-state index contributed by atoms with van der Waals surface area (Å²) in [5.74, 6) is -0.368. The number of esters is 1. The van der Waals surface area contributed by atoms with Gasteiger partial charge in [-0.2, -0.15) is 0 Å². The summed E-state index contributed by atoms with van der Waals surface area (Å²) in [5, 5.41) is 0.864. The molecule has 1 aliphatic heterocycles. The standard InChI is InChI=1S/C14H14N2O2S/c1-9-12(13(17)18-2)15-14(19-9)16-8-7-10-5-3-4-6-11(10)16/h3-6H,7-8H2,1-2H3. The van der Waals surface area contributed by atoms with Crippen molar-refractivity contribution in [2.24, 2.45) is 0 Å². The molecule has 0 unspecified atom stereocenters. The van der Waals surface area contributed by atoms with Gasteiger partial charge in [0.25, 0.3) is 0 Å². The fourth-order valence-corrected chi connectivity index (χ4v) is 3.26. The van der Waals surface area contributed by atoms with E-state index in [1.165, 1.54) is 29.7 Å². The molecule has 5 heteroatoms. The maximum atomic E-state index is 11.6. The highest BCUT2D eigenvalue weighted by Gasteiger charge is 2.25. The van der Waals surface area contributed by atoms with E-state index in [9.17, 15) is 4.79 Å². The molecule has 0 spiro atoms. The molecule has 0 saturated carbocycles. The first-order valence-corrected chi connectivity index (χ1v) is 6.93. The fourth-order valence-electron chi connectivity index (χ4n) is 2.32. The van der Waals surface area contributed by atoms with Crippen LogP contribution in [0.3, 0.4) is 0 Å². The van der Waals surface area contributed by atoms with Crippen LogP contribution in [0.15, 0.2) is 24.3 Å². The molecule has 0 N–H and O–H groups in total. The first-order chi connectivity index (χ1) is 9.20. The maximum Gasteiger partial charge on any atom is 0.357 e. The summed E-state index contributed by atoms with van der Waals surface area (Å²) in [6.07, 6.45) is 1.02. The lowest BCUT2D eigenvalue weighted by atomic mass is 10.2. The van der Waals surface area contributed by atoms with E-state index >= 15 is 0 Å². The number of aryl methyl sites for hydroxylation is 1. The number of carbonyl (C=O) groups is 1. The van der Waals surface area contributed by atoms with Gasteiger partial charge in [-0.1, -0.05) is 18.2 Å². The molecule has 98 valence electrons. The van der Waals surface area contributed by atoms with Crippen LogP contribution in [0.25, 0.3) is 0 Å². The Labute approximate surface area is 115 Å². The van der Waals surface area contributed by atoms with E-state index in [1.807, 2.05) is 13.0 Å². The Kier molecular flexibility index (Phi) is 2.98. The van der Waals surface area contributed by atoms with Crippen LogP contribution in [0.1, 0.15) is 20.9 Å². The SMILES string of the molecule is COC(=O)c1nc(N2CCc3ccccc32)sc1C. The van der Waals surface area contributed by atoms with Crippen molar-refractivity contribution in [1.29, 1.82) is 0 Å². The molecule has 0 saturated heterocycles. The first kappa shape index (κ1) is 12.2. The molecule has 0 bridgehead atoms. The second-order valence-corrected chi connectivity index (χ2v) is 5.60. The van der Waals surface area contributed by atoms with Crippen LogP contribution >= 0.6 is 11.3 Å². The summed E-state index contributed by atoms with van der Waals surface area (Å²) in [6, 6.07) is 8.31. The molecule has 2 heterocycles. The smallest absolute Gasteiger partial charge is 0.357 e. The molecule has 1 aromatic carbocycles. The number of nitrogens with zero attached hydrogens (tertiary/aromatic N) is 2. The van der Waals surface area contributed by atoms with Gasteiger partial charge in [0.2, 0.25) is 0 Å². The quantitative estimate of drug-likeness (QED) is 0.790. The molecule has 0 fully saturated rings. The molecule has 1 aromatic heterocycles. The predicted octanol–water partition coefficient (Wildman–Crippen LogP) is 2.93. The summed E-state index contributed by atoms with van der Waals surface area (Å²) in [5.41, 5.74) is 2.94. The topological polar surface area (TPSA) is 42.4 Å². The third-order valence-electron chi connectivity index (χ3n) is 3.28. The van der Waals surface area contributed by atoms with Crippen molar-refractivity contribution in [3.8, 4) is 0 Å². The van der Waals surface area contributed by atoms with Gasteiger partial charge in [0.15, 0.2) is 10.8 Å². The van der Waals surface area contributed by atoms with Crippen LogP contribution in [0.5, 0.6) is 0 Å². The van der Waals surface area contributed by atoms with Crippen molar-refractivity contribution < 1.29 is 9.53 Å². The lowest BCUT2D eigenvalue weighted by Crippen LogP contribution is -2.13. The van der Waals surface area contributed by atoms with E-state index in [0.717, 1.165) is 23.0 Å². The van der Waals surface area contributed by atoms with Crippen molar-refractivity contribution in [2.45, 2.75) is 13.3 Å². The maximum absolute atomic E-state index is 11.6. The molecule has 3 rings (SSSR count). The van der Waals surface area contributed by atoms with E-state index in [4.69, 9.17) is 4.74 Å². The van der Waals surface area contributed by atoms with Crippen molar-refractivity contribution >= 4 is 28.1 Å². The number of rotatable bonds is 2. The van der Waals surface area contributed by atoms with Crippen LogP contribution in [-0.4, -0.2) is 24.6 Å². The number of para-hydroxylation sites is 1. The van der Waals surface area contributed by atoms with Gasteiger partial charge in [-0.3, -0.25) is 0 Å². The van der Waals surface area contributed by atoms with Gasteiger partial charge < -0.3 is 9.64 Å². The van der Waals surface area contributed by atoms with Gasteiger partial charge in [-0.15, -0.1) is 11.3 Å². The number of hydrogen-bond donors (Lipinski definition) is 0. The van der Waals surface area contributed by atoms with Crippen molar-refractivity contribution in [2.75, 3.05) is 18.6 Å². The van der Waals surface area contributed by atoms with Crippen LogP contribution in [0.2, 0.25) is 0 Å². The van der Waals surface area contributed by atoms with Crippen LogP contribution < -0.4 is 4.90 Å². The highest BCUT2D eigenvalue weighted by atomic mass is 32.1. The van der Waals surface area contributed by atoms with E-state index in [1.54, 1.807) is 0 Å². The number of anilines is 2. The van der Waals surface area contributed by atoms with Crippen molar-refractivity contribution in [3.05, 3.63) is 40.4 Å². The molecule has 0 aliphatic carbocycles. The summed E-state index contributed by atoms with van der Waals surface area (Å²) in [4.78, 5) is 19.1. The van der Waals surface area contributed by atoms with Gasteiger partial charge in [0, 0.05) is 17.1 Å². The van der Waals surface area contributed by atoms with Crippen molar-refractivity contribution in [3.63, 3.8) is 0 Å². The molecular formula is C14H14N2O2S. The minimum absolute atomic E-state index is 0.368. The molecule has 0 radical (unpaired) electrons. The molecule has 0 atom stereocenters. The summed E-state index contributed by atoms with van der Waals surface area (Å²) < 4.78 is 4.75. The molecule has 1 aliphatic rings. The normalized spacial score (nSPS) is 13.5.